The molecule has 2 heterocycles. The van der Waals surface area contributed by atoms with E-state index in [1.165, 1.54) is 6.08 Å². The van der Waals surface area contributed by atoms with Gasteiger partial charge in [0.15, 0.2) is 0 Å². The van der Waals surface area contributed by atoms with E-state index in [-0.39, 0.29) is 5.91 Å². The molecule has 0 aliphatic heterocycles. The highest BCUT2D eigenvalue weighted by Crippen LogP contribution is 2.07. The first-order chi connectivity index (χ1) is 8.74. The molecule has 0 aliphatic carbocycles. The van der Waals surface area contributed by atoms with Crippen LogP contribution in [-0.2, 0) is 11.3 Å². The molecule has 0 atom stereocenters. The molecule has 2 aromatic heterocycles. The van der Waals surface area contributed by atoms with E-state index >= 15 is 0 Å². The van der Waals surface area contributed by atoms with Crippen molar-refractivity contribution in [1.82, 2.24) is 10.3 Å². The van der Waals surface area contributed by atoms with Gasteiger partial charge in [-0.3, -0.25) is 9.78 Å². The fourth-order valence-electron chi connectivity index (χ4n) is 1.45. The number of hydrogen-bond donors (Lipinski definition) is 1. The quantitative estimate of drug-likeness (QED) is 0.837. The SMILES string of the molecule is Cc1ccc(/C=C/C(=O)NCc2ccncc2)o1. The van der Waals surface area contributed by atoms with E-state index in [0.29, 0.717) is 12.3 Å². The van der Waals surface area contributed by atoms with Crippen molar-refractivity contribution in [2.45, 2.75) is 13.5 Å². The molecule has 0 aliphatic rings. The van der Waals surface area contributed by atoms with Crippen LogP contribution >= 0.6 is 0 Å². The van der Waals surface area contributed by atoms with Gasteiger partial charge in [0, 0.05) is 25.0 Å². The van der Waals surface area contributed by atoms with Gasteiger partial charge in [-0.05, 0) is 42.8 Å². The number of rotatable bonds is 4. The molecule has 0 spiro atoms. The maximum atomic E-state index is 11.5. The van der Waals surface area contributed by atoms with Crippen LogP contribution in [0.15, 0.2) is 47.2 Å². The number of nitrogens with zero attached hydrogens (tertiary/aromatic N) is 1. The minimum atomic E-state index is -0.152. The topological polar surface area (TPSA) is 55.1 Å². The number of carbonyl (C=O) groups is 1. The van der Waals surface area contributed by atoms with E-state index in [4.69, 9.17) is 4.42 Å². The van der Waals surface area contributed by atoms with Crippen LogP contribution in [-0.4, -0.2) is 10.9 Å². The van der Waals surface area contributed by atoms with Gasteiger partial charge in [-0.2, -0.15) is 0 Å². The highest BCUT2D eigenvalue weighted by molar-refractivity contribution is 5.91. The smallest absolute Gasteiger partial charge is 0.244 e. The average molecular weight is 242 g/mol. The van der Waals surface area contributed by atoms with E-state index in [9.17, 15) is 4.79 Å². The minimum Gasteiger partial charge on any atom is -0.462 e. The van der Waals surface area contributed by atoms with Gasteiger partial charge in [0.2, 0.25) is 5.91 Å². The zero-order valence-corrected chi connectivity index (χ0v) is 10.1. The summed E-state index contributed by atoms with van der Waals surface area (Å²) >= 11 is 0. The van der Waals surface area contributed by atoms with E-state index in [2.05, 4.69) is 10.3 Å². The fourth-order valence-corrected chi connectivity index (χ4v) is 1.45. The molecule has 1 amide bonds. The molecule has 2 aromatic rings. The van der Waals surface area contributed by atoms with Crippen LogP contribution in [0.25, 0.3) is 6.08 Å². The predicted molar refractivity (Wildman–Crippen MR) is 68.6 cm³/mol. The van der Waals surface area contributed by atoms with Crippen molar-refractivity contribution in [2.75, 3.05) is 0 Å². The third kappa shape index (κ3) is 3.59. The molecule has 2 rings (SSSR count). The van der Waals surface area contributed by atoms with Crippen LogP contribution in [0.5, 0.6) is 0 Å². The highest BCUT2D eigenvalue weighted by Gasteiger charge is 1.98. The summed E-state index contributed by atoms with van der Waals surface area (Å²) in [5.41, 5.74) is 1.01. The molecule has 0 aromatic carbocycles. The summed E-state index contributed by atoms with van der Waals surface area (Å²) in [5, 5.41) is 2.78. The monoisotopic (exact) mass is 242 g/mol. The Morgan fingerprint density at radius 3 is 2.78 bits per heavy atom. The van der Waals surface area contributed by atoms with Gasteiger partial charge in [0.25, 0.3) is 0 Å². The lowest BCUT2D eigenvalue weighted by Crippen LogP contribution is -2.20. The van der Waals surface area contributed by atoms with Crippen LogP contribution < -0.4 is 5.32 Å². The van der Waals surface area contributed by atoms with Crippen LogP contribution in [0.2, 0.25) is 0 Å². The summed E-state index contributed by atoms with van der Waals surface area (Å²) in [4.78, 5) is 15.5. The number of hydrogen-bond acceptors (Lipinski definition) is 3. The second-order valence-corrected chi connectivity index (χ2v) is 3.86. The molecule has 18 heavy (non-hydrogen) atoms. The van der Waals surface area contributed by atoms with Gasteiger partial charge in [-0.25, -0.2) is 0 Å². The molecule has 4 heteroatoms. The van der Waals surface area contributed by atoms with Crippen molar-refractivity contribution >= 4 is 12.0 Å². The van der Waals surface area contributed by atoms with Gasteiger partial charge < -0.3 is 9.73 Å². The second kappa shape index (κ2) is 5.82. The summed E-state index contributed by atoms with van der Waals surface area (Å²) in [6.07, 6.45) is 6.50. The lowest BCUT2D eigenvalue weighted by atomic mass is 10.2. The van der Waals surface area contributed by atoms with E-state index < -0.39 is 0 Å². The molecule has 4 nitrogen and oxygen atoms in total. The molecule has 0 radical (unpaired) electrons. The Hall–Kier alpha value is -2.36. The Morgan fingerprint density at radius 1 is 1.33 bits per heavy atom. The van der Waals surface area contributed by atoms with Crippen molar-refractivity contribution in [3.63, 3.8) is 0 Å². The molecule has 92 valence electrons. The first-order valence-corrected chi connectivity index (χ1v) is 5.65. The molecule has 0 bridgehead atoms. The fraction of sp³-hybridized carbons (Fsp3) is 0.143. The number of furan rings is 1. The number of aryl methyl sites for hydroxylation is 1. The Bertz CT molecular complexity index is 544. The second-order valence-electron chi connectivity index (χ2n) is 3.86. The van der Waals surface area contributed by atoms with Gasteiger partial charge in [0.1, 0.15) is 11.5 Å². The number of pyridine rings is 1. The Morgan fingerprint density at radius 2 is 2.11 bits per heavy atom. The van der Waals surface area contributed by atoms with Crippen LogP contribution in [0.3, 0.4) is 0 Å². The van der Waals surface area contributed by atoms with Crippen molar-refractivity contribution in [3.8, 4) is 0 Å². The van der Waals surface area contributed by atoms with Crippen molar-refractivity contribution in [3.05, 3.63) is 59.8 Å². The number of amides is 1. The average Bonchev–Trinajstić information content (AvgIpc) is 2.81. The van der Waals surface area contributed by atoms with Crippen molar-refractivity contribution < 1.29 is 9.21 Å². The summed E-state index contributed by atoms with van der Waals surface area (Å²) in [6.45, 7) is 2.35. The van der Waals surface area contributed by atoms with Gasteiger partial charge in [0.05, 0.1) is 0 Å². The zero-order chi connectivity index (χ0) is 12.8. The molecule has 0 saturated heterocycles. The van der Waals surface area contributed by atoms with Crippen molar-refractivity contribution in [2.24, 2.45) is 0 Å². The number of carbonyl (C=O) groups excluding carboxylic acids is 1. The highest BCUT2D eigenvalue weighted by atomic mass is 16.3. The van der Waals surface area contributed by atoms with Crippen LogP contribution in [0.1, 0.15) is 17.1 Å². The van der Waals surface area contributed by atoms with E-state index in [0.717, 1.165) is 11.3 Å². The third-order valence-corrected chi connectivity index (χ3v) is 2.38. The molecular weight excluding hydrogens is 228 g/mol. The maximum Gasteiger partial charge on any atom is 0.244 e. The Kier molecular flexibility index (Phi) is 3.91. The van der Waals surface area contributed by atoms with Gasteiger partial charge >= 0.3 is 0 Å². The minimum absolute atomic E-state index is 0.152. The molecule has 0 saturated carbocycles. The lowest BCUT2D eigenvalue weighted by molar-refractivity contribution is -0.116. The summed E-state index contributed by atoms with van der Waals surface area (Å²) in [6, 6.07) is 7.40. The Labute approximate surface area is 105 Å². The number of aromatic nitrogens is 1. The summed E-state index contributed by atoms with van der Waals surface area (Å²) in [7, 11) is 0. The molecule has 1 N–H and O–H groups in total. The molecule has 0 unspecified atom stereocenters. The zero-order valence-electron chi connectivity index (χ0n) is 10.1. The summed E-state index contributed by atoms with van der Waals surface area (Å²) < 4.78 is 5.32. The third-order valence-electron chi connectivity index (χ3n) is 2.38. The van der Waals surface area contributed by atoms with E-state index in [1.54, 1.807) is 18.5 Å². The summed E-state index contributed by atoms with van der Waals surface area (Å²) in [5.74, 6) is 1.35. The molecule has 0 fully saturated rings. The first kappa shape index (κ1) is 12.1. The Balaban J connectivity index is 1.84. The standard InChI is InChI=1S/C14H14N2O2/c1-11-2-3-13(18-11)4-5-14(17)16-10-12-6-8-15-9-7-12/h2-9H,10H2,1H3,(H,16,17)/b5-4+. The largest absolute Gasteiger partial charge is 0.462 e. The molecular formula is C14H14N2O2. The first-order valence-electron chi connectivity index (χ1n) is 5.65. The van der Waals surface area contributed by atoms with Crippen LogP contribution in [0.4, 0.5) is 0 Å². The van der Waals surface area contributed by atoms with Gasteiger partial charge in [-0.15, -0.1) is 0 Å². The van der Waals surface area contributed by atoms with Crippen LogP contribution in [0, 0.1) is 6.92 Å². The van der Waals surface area contributed by atoms with Gasteiger partial charge in [-0.1, -0.05) is 0 Å². The number of nitrogens with one attached hydrogen (secondary N) is 1. The lowest BCUT2D eigenvalue weighted by Gasteiger charge is -2.01. The maximum absolute atomic E-state index is 11.5. The predicted octanol–water partition coefficient (Wildman–Crippen LogP) is 2.31. The van der Waals surface area contributed by atoms with Crippen molar-refractivity contribution in [1.29, 1.82) is 0 Å². The van der Waals surface area contributed by atoms with E-state index in [1.807, 2.05) is 31.2 Å². The normalized spacial score (nSPS) is 10.7.